The molecule has 0 saturated carbocycles. The van der Waals surface area contributed by atoms with Gasteiger partial charge in [-0.1, -0.05) is 5.16 Å². The van der Waals surface area contributed by atoms with Crippen molar-refractivity contribution in [3.8, 4) is 0 Å². The minimum Gasteiger partial charge on any atom is -0.409 e. The molecule has 0 aromatic carbocycles. The molecule has 1 aromatic rings. The Hall–Kier alpha value is -1.12. The van der Waals surface area contributed by atoms with Crippen LogP contribution in [0, 0.1) is 6.92 Å². The summed E-state index contributed by atoms with van der Waals surface area (Å²) in [6.45, 7) is 3.56. The SMILES string of the molecule is Cc1ccc(S(=O)(=O)N(C)C(C)CC(N)=NO)s1. The second-order valence-corrected chi connectivity index (χ2v) is 7.54. The van der Waals surface area contributed by atoms with E-state index >= 15 is 0 Å². The number of thiophene rings is 1. The molecule has 1 heterocycles. The zero-order chi connectivity index (χ0) is 13.9. The van der Waals surface area contributed by atoms with Crippen molar-refractivity contribution in [1.29, 1.82) is 0 Å². The maximum Gasteiger partial charge on any atom is 0.252 e. The van der Waals surface area contributed by atoms with Crippen molar-refractivity contribution in [2.75, 3.05) is 7.05 Å². The van der Waals surface area contributed by atoms with Crippen LogP contribution in [0.1, 0.15) is 18.2 Å². The smallest absolute Gasteiger partial charge is 0.252 e. The Balaban J connectivity index is 2.92. The average molecular weight is 291 g/mol. The second kappa shape index (κ2) is 5.68. The molecule has 0 bridgehead atoms. The highest BCUT2D eigenvalue weighted by molar-refractivity contribution is 7.91. The molecule has 0 fully saturated rings. The van der Waals surface area contributed by atoms with Gasteiger partial charge in [0.15, 0.2) is 0 Å². The molecule has 102 valence electrons. The number of sulfonamides is 1. The summed E-state index contributed by atoms with van der Waals surface area (Å²) in [5, 5.41) is 11.3. The second-order valence-electron chi connectivity index (χ2n) is 4.03. The maximum absolute atomic E-state index is 12.2. The van der Waals surface area contributed by atoms with E-state index < -0.39 is 10.0 Å². The van der Waals surface area contributed by atoms with Gasteiger partial charge in [0.1, 0.15) is 10.0 Å². The topological polar surface area (TPSA) is 96.0 Å². The van der Waals surface area contributed by atoms with E-state index in [1.165, 1.54) is 22.7 Å². The van der Waals surface area contributed by atoms with Crippen LogP contribution in [-0.2, 0) is 10.0 Å². The summed E-state index contributed by atoms with van der Waals surface area (Å²) in [5.74, 6) is 0.00640. The number of hydrogen-bond acceptors (Lipinski definition) is 5. The highest BCUT2D eigenvalue weighted by Crippen LogP contribution is 2.25. The fourth-order valence-corrected chi connectivity index (χ4v) is 4.23. The number of nitrogens with two attached hydrogens (primary N) is 1. The molecule has 0 aliphatic rings. The molecule has 1 rings (SSSR count). The molecular weight excluding hydrogens is 274 g/mol. The first-order valence-electron chi connectivity index (χ1n) is 5.30. The number of aryl methyl sites for hydroxylation is 1. The summed E-state index contributed by atoms with van der Waals surface area (Å²) in [6.07, 6.45) is 0.177. The zero-order valence-electron chi connectivity index (χ0n) is 10.5. The van der Waals surface area contributed by atoms with Gasteiger partial charge < -0.3 is 10.9 Å². The maximum atomic E-state index is 12.2. The summed E-state index contributed by atoms with van der Waals surface area (Å²) in [7, 11) is -2.03. The normalized spacial score (nSPS) is 15.0. The van der Waals surface area contributed by atoms with Crippen LogP contribution in [0.3, 0.4) is 0 Å². The molecular formula is C10H17N3O3S2. The van der Waals surface area contributed by atoms with Crippen molar-refractivity contribution in [2.45, 2.75) is 30.5 Å². The van der Waals surface area contributed by atoms with Crippen LogP contribution in [0.5, 0.6) is 0 Å². The van der Waals surface area contributed by atoms with Gasteiger partial charge in [0.05, 0.1) is 0 Å². The first kappa shape index (κ1) is 14.9. The third-order valence-corrected chi connectivity index (χ3v) is 6.04. The van der Waals surface area contributed by atoms with Crippen molar-refractivity contribution in [3.63, 3.8) is 0 Å². The third kappa shape index (κ3) is 3.21. The number of oxime groups is 1. The van der Waals surface area contributed by atoms with E-state index in [1.807, 2.05) is 6.92 Å². The molecule has 1 unspecified atom stereocenters. The van der Waals surface area contributed by atoms with Gasteiger partial charge in [-0.25, -0.2) is 8.42 Å². The number of amidine groups is 1. The van der Waals surface area contributed by atoms with Gasteiger partial charge in [-0.2, -0.15) is 4.31 Å². The quantitative estimate of drug-likeness (QED) is 0.369. The minimum atomic E-state index is -3.51. The van der Waals surface area contributed by atoms with Crippen LogP contribution in [0.2, 0.25) is 0 Å². The predicted molar refractivity (Wildman–Crippen MR) is 71.5 cm³/mol. The van der Waals surface area contributed by atoms with Crippen molar-refractivity contribution in [1.82, 2.24) is 4.31 Å². The first-order chi connectivity index (χ1) is 8.28. The molecule has 3 N–H and O–H groups in total. The van der Waals surface area contributed by atoms with Crippen LogP contribution >= 0.6 is 11.3 Å². The fourth-order valence-electron chi connectivity index (χ4n) is 1.40. The van der Waals surface area contributed by atoms with Gasteiger partial charge >= 0.3 is 0 Å². The highest BCUT2D eigenvalue weighted by atomic mass is 32.2. The summed E-state index contributed by atoms with van der Waals surface area (Å²) in [6, 6.07) is 2.97. The molecule has 1 aromatic heterocycles. The zero-order valence-corrected chi connectivity index (χ0v) is 12.1. The average Bonchev–Trinajstić information content (AvgIpc) is 2.75. The molecule has 0 spiro atoms. The summed E-state index contributed by atoms with van der Waals surface area (Å²) < 4.78 is 26.0. The Labute approximate surface area is 111 Å². The standard InChI is InChI=1S/C10H17N3O3S2/c1-7(6-9(11)12-14)13(3)18(15,16)10-5-4-8(2)17-10/h4-5,7,14H,6H2,1-3H3,(H2,11,12). The third-order valence-electron chi connectivity index (χ3n) is 2.60. The van der Waals surface area contributed by atoms with Crippen LogP contribution < -0.4 is 5.73 Å². The van der Waals surface area contributed by atoms with Gasteiger partial charge in [0.2, 0.25) is 0 Å². The Morgan fingerprint density at radius 1 is 1.61 bits per heavy atom. The van der Waals surface area contributed by atoms with Gasteiger partial charge in [0.25, 0.3) is 10.0 Å². The lowest BCUT2D eigenvalue weighted by atomic mass is 10.2. The van der Waals surface area contributed by atoms with Gasteiger partial charge in [-0.3, -0.25) is 0 Å². The number of rotatable bonds is 5. The highest BCUT2D eigenvalue weighted by Gasteiger charge is 2.27. The van der Waals surface area contributed by atoms with E-state index in [9.17, 15) is 8.42 Å². The Morgan fingerprint density at radius 2 is 2.22 bits per heavy atom. The fraction of sp³-hybridized carbons (Fsp3) is 0.500. The van der Waals surface area contributed by atoms with Crippen LogP contribution in [-0.4, -0.2) is 36.9 Å². The molecule has 0 radical (unpaired) electrons. The van der Waals surface area contributed by atoms with E-state index in [0.29, 0.717) is 4.21 Å². The van der Waals surface area contributed by atoms with Crippen molar-refractivity contribution in [3.05, 3.63) is 17.0 Å². The molecule has 8 heteroatoms. The molecule has 0 saturated heterocycles. The van der Waals surface area contributed by atoms with Gasteiger partial charge in [-0.15, -0.1) is 11.3 Å². The lowest BCUT2D eigenvalue weighted by Crippen LogP contribution is -2.37. The van der Waals surface area contributed by atoms with Crippen molar-refractivity contribution in [2.24, 2.45) is 10.9 Å². The molecule has 18 heavy (non-hydrogen) atoms. The van der Waals surface area contributed by atoms with E-state index in [1.54, 1.807) is 19.1 Å². The Bertz CT molecular complexity index is 536. The van der Waals surface area contributed by atoms with E-state index in [0.717, 1.165) is 4.88 Å². The largest absolute Gasteiger partial charge is 0.409 e. The van der Waals surface area contributed by atoms with E-state index in [-0.39, 0.29) is 18.3 Å². The van der Waals surface area contributed by atoms with Gasteiger partial charge in [0, 0.05) is 24.4 Å². The Kier molecular flexibility index (Phi) is 4.71. The van der Waals surface area contributed by atoms with Crippen LogP contribution in [0.25, 0.3) is 0 Å². The molecule has 6 nitrogen and oxygen atoms in total. The van der Waals surface area contributed by atoms with E-state index in [4.69, 9.17) is 10.9 Å². The minimum absolute atomic E-state index is 0.00640. The summed E-state index contributed by atoms with van der Waals surface area (Å²) in [5.41, 5.74) is 5.38. The summed E-state index contributed by atoms with van der Waals surface area (Å²) in [4.78, 5) is 0.936. The molecule has 0 aliphatic carbocycles. The van der Waals surface area contributed by atoms with Crippen LogP contribution in [0.15, 0.2) is 21.5 Å². The summed E-state index contributed by atoms with van der Waals surface area (Å²) >= 11 is 1.22. The van der Waals surface area contributed by atoms with Crippen molar-refractivity contribution >= 4 is 27.2 Å². The monoisotopic (exact) mass is 291 g/mol. The number of hydrogen-bond donors (Lipinski definition) is 2. The lowest BCUT2D eigenvalue weighted by molar-refractivity contribution is 0.313. The Morgan fingerprint density at radius 3 is 2.67 bits per heavy atom. The van der Waals surface area contributed by atoms with E-state index in [2.05, 4.69) is 5.16 Å². The molecule has 1 atom stereocenters. The van der Waals surface area contributed by atoms with Crippen molar-refractivity contribution < 1.29 is 13.6 Å². The van der Waals surface area contributed by atoms with Crippen LogP contribution in [0.4, 0.5) is 0 Å². The van der Waals surface area contributed by atoms with Gasteiger partial charge in [-0.05, 0) is 26.0 Å². The lowest BCUT2D eigenvalue weighted by Gasteiger charge is -2.23. The molecule has 0 aliphatic heterocycles. The predicted octanol–water partition coefficient (Wildman–Crippen LogP) is 1.20. The molecule has 0 amide bonds. The first-order valence-corrected chi connectivity index (χ1v) is 7.55. The number of nitrogens with zero attached hydrogens (tertiary/aromatic N) is 2.